The first-order valence-electron chi connectivity index (χ1n) is 7.96. The van der Waals surface area contributed by atoms with Crippen LogP contribution in [-0.2, 0) is 6.42 Å². The second kappa shape index (κ2) is 6.05. The third-order valence-electron chi connectivity index (χ3n) is 3.89. The van der Waals surface area contributed by atoms with Crippen molar-refractivity contribution in [3.05, 3.63) is 59.2 Å². The Kier molecular flexibility index (Phi) is 4.56. The van der Waals surface area contributed by atoms with Crippen LogP contribution in [0.25, 0.3) is 11.1 Å². The zero-order valence-corrected chi connectivity index (χ0v) is 14.3. The molecule has 0 unspecified atom stereocenters. The molecule has 0 nitrogen and oxygen atoms in total. The van der Waals surface area contributed by atoms with Gasteiger partial charge in [0.2, 0.25) is 0 Å². The largest absolute Gasteiger partial charge is 0.0614 e. The van der Waals surface area contributed by atoms with Crippen LogP contribution < -0.4 is 0 Å². The van der Waals surface area contributed by atoms with E-state index in [0.29, 0.717) is 11.3 Å². The van der Waals surface area contributed by atoms with Gasteiger partial charge in [-0.05, 0) is 52.5 Å². The fourth-order valence-corrected chi connectivity index (χ4v) is 2.84. The monoisotopic (exact) mass is 280 g/mol. The fraction of sp³-hybridized carbons (Fsp3) is 0.429. The minimum Gasteiger partial charge on any atom is -0.0614 e. The second-order valence-corrected chi connectivity index (χ2v) is 7.67. The molecule has 0 amide bonds. The summed E-state index contributed by atoms with van der Waals surface area (Å²) >= 11 is 0. The molecule has 0 aromatic heterocycles. The highest BCUT2D eigenvalue weighted by Crippen LogP contribution is 2.29. The van der Waals surface area contributed by atoms with Gasteiger partial charge in [-0.1, -0.05) is 77.1 Å². The molecular formula is C21H28. The second-order valence-electron chi connectivity index (χ2n) is 7.67. The quantitative estimate of drug-likeness (QED) is 0.612. The molecule has 0 saturated heterocycles. The van der Waals surface area contributed by atoms with Gasteiger partial charge in [0, 0.05) is 0 Å². The minimum absolute atomic E-state index is 0.339. The summed E-state index contributed by atoms with van der Waals surface area (Å²) in [5.41, 5.74) is 7.24. The smallest absolute Gasteiger partial charge is 0.0154 e. The van der Waals surface area contributed by atoms with Gasteiger partial charge in [-0.2, -0.15) is 0 Å². The molecule has 21 heavy (non-hydrogen) atoms. The molecule has 0 fully saturated rings. The Morgan fingerprint density at radius 1 is 0.952 bits per heavy atom. The molecule has 0 aliphatic rings. The van der Waals surface area contributed by atoms with Crippen molar-refractivity contribution < 1.29 is 0 Å². The van der Waals surface area contributed by atoms with Gasteiger partial charge in [-0.15, -0.1) is 0 Å². The molecule has 112 valence electrons. The summed E-state index contributed by atoms with van der Waals surface area (Å²) in [5, 5.41) is 0. The zero-order chi connectivity index (χ0) is 15.6. The first kappa shape index (κ1) is 15.8. The molecule has 0 heteroatoms. The number of benzene rings is 2. The normalized spacial score (nSPS) is 12.0. The van der Waals surface area contributed by atoms with Crippen molar-refractivity contribution in [1.29, 1.82) is 0 Å². The summed E-state index contributed by atoms with van der Waals surface area (Å²) in [6.45, 7) is 13.6. The summed E-state index contributed by atoms with van der Waals surface area (Å²) in [7, 11) is 0. The topological polar surface area (TPSA) is 0 Å². The van der Waals surface area contributed by atoms with Gasteiger partial charge >= 0.3 is 0 Å². The Bertz CT molecular complexity index is 612. The maximum absolute atomic E-state index is 2.35. The summed E-state index contributed by atoms with van der Waals surface area (Å²) < 4.78 is 0. The van der Waals surface area contributed by atoms with E-state index in [0.717, 1.165) is 6.42 Å². The Morgan fingerprint density at radius 3 is 2.24 bits per heavy atom. The first-order chi connectivity index (χ1) is 9.76. The lowest BCUT2D eigenvalue weighted by Gasteiger charge is -2.19. The van der Waals surface area contributed by atoms with E-state index in [4.69, 9.17) is 0 Å². The molecule has 0 atom stereocenters. The van der Waals surface area contributed by atoms with E-state index in [9.17, 15) is 0 Å². The Morgan fingerprint density at radius 2 is 1.67 bits per heavy atom. The Labute approximate surface area is 130 Å². The van der Waals surface area contributed by atoms with Crippen LogP contribution in [0.4, 0.5) is 0 Å². The molecular weight excluding hydrogens is 252 g/mol. The van der Waals surface area contributed by atoms with Gasteiger partial charge in [0.25, 0.3) is 0 Å². The van der Waals surface area contributed by atoms with Gasteiger partial charge < -0.3 is 0 Å². The van der Waals surface area contributed by atoms with Crippen molar-refractivity contribution in [2.24, 2.45) is 5.41 Å². The van der Waals surface area contributed by atoms with E-state index in [1.54, 1.807) is 0 Å². The average Bonchev–Trinajstić information content (AvgIpc) is 2.37. The summed E-state index contributed by atoms with van der Waals surface area (Å²) in [6, 6.07) is 15.9. The van der Waals surface area contributed by atoms with E-state index < -0.39 is 0 Å². The summed E-state index contributed by atoms with van der Waals surface area (Å²) in [6.07, 6.45) is 1.13. The zero-order valence-electron chi connectivity index (χ0n) is 14.3. The Balaban J connectivity index is 2.35. The molecule has 0 aliphatic carbocycles. The van der Waals surface area contributed by atoms with E-state index >= 15 is 0 Å². The van der Waals surface area contributed by atoms with Crippen molar-refractivity contribution in [3.8, 4) is 11.1 Å². The maximum atomic E-state index is 2.35. The van der Waals surface area contributed by atoms with Gasteiger partial charge in [-0.3, -0.25) is 0 Å². The predicted octanol–water partition coefficient (Wildman–Crippen LogP) is 6.37. The van der Waals surface area contributed by atoms with Crippen LogP contribution in [0.3, 0.4) is 0 Å². The fourth-order valence-electron chi connectivity index (χ4n) is 2.84. The van der Waals surface area contributed by atoms with Gasteiger partial charge in [0.05, 0.1) is 0 Å². The molecule has 0 aliphatic heterocycles. The molecule has 0 heterocycles. The Hall–Kier alpha value is -1.56. The summed E-state index contributed by atoms with van der Waals surface area (Å²) in [5.74, 6) is 0.574. The molecule has 0 radical (unpaired) electrons. The van der Waals surface area contributed by atoms with Crippen LogP contribution in [0.1, 0.15) is 57.2 Å². The number of hydrogen-bond donors (Lipinski definition) is 0. The van der Waals surface area contributed by atoms with E-state index in [1.165, 1.54) is 27.8 Å². The summed E-state index contributed by atoms with van der Waals surface area (Å²) in [4.78, 5) is 0. The predicted molar refractivity (Wildman–Crippen MR) is 93.9 cm³/mol. The molecule has 2 aromatic rings. The van der Waals surface area contributed by atoms with Crippen LogP contribution in [-0.4, -0.2) is 0 Å². The van der Waals surface area contributed by atoms with Crippen molar-refractivity contribution >= 4 is 0 Å². The van der Waals surface area contributed by atoms with Gasteiger partial charge in [0.1, 0.15) is 0 Å². The first-order valence-corrected chi connectivity index (χ1v) is 7.96. The lowest BCUT2D eigenvalue weighted by atomic mass is 9.86. The third-order valence-corrected chi connectivity index (χ3v) is 3.89. The highest BCUT2D eigenvalue weighted by molar-refractivity contribution is 5.68. The van der Waals surface area contributed by atoms with E-state index in [-0.39, 0.29) is 0 Å². The van der Waals surface area contributed by atoms with Crippen LogP contribution in [0.5, 0.6) is 0 Å². The highest BCUT2D eigenvalue weighted by Gasteiger charge is 2.12. The average molecular weight is 280 g/mol. The van der Waals surface area contributed by atoms with Crippen molar-refractivity contribution in [2.45, 2.75) is 53.9 Å². The SMILES string of the molecule is Cc1cc(CC(C)(C)C)ccc1-c1cccc(C(C)C)c1. The van der Waals surface area contributed by atoms with E-state index in [2.05, 4.69) is 84.0 Å². The number of aryl methyl sites for hydroxylation is 1. The van der Waals surface area contributed by atoms with Crippen molar-refractivity contribution in [2.75, 3.05) is 0 Å². The molecule has 2 aromatic carbocycles. The molecule has 0 bridgehead atoms. The molecule has 0 saturated carbocycles. The van der Waals surface area contributed by atoms with Gasteiger partial charge in [-0.25, -0.2) is 0 Å². The van der Waals surface area contributed by atoms with Crippen molar-refractivity contribution in [3.63, 3.8) is 0 Å². The van der Waals surface area contributed by atoms with E-state index in [1.807, 2.05) is 0 Å². The standard InChI is InChI=1S/C21H28/c1-15(2)18-8-7-9-19(13-18)20-11-10-17(12-16(20)3)14-21(4,5)6/h7-13,15H,14H2,1-6H3. The third kappa shape index (κ3) is 4.20. The van der Waals surface area contributed by atoms with Gasteiger partial charge in [0.15, 0.2) is 0 Å². The maximum Gasteiger partial charge on any atom is -0.0154 e. The number of hydrogen-bond acceptors (Lipinski definition) is 0. The lowest BCUT2D eigenvalue weighted by molar-refractivity contribution is 0.411. The van der Waals surface area contributed by atoms with Crippen LogP contribution in [0, 0.1) is 12.3 Å². The van der Waals surface area contributed by atoms with Crippen LogP contribution >= 0.6 is 0 Å². The molecule has 2 rings (SSSR count). The minimum atomic E-state index is 0.339. The highest BCUT2D eigenvalue weighted by atomic mass is 14.2. The molecule has 0 N–H and O–H groups in total. The molecule has 0 spiro atoms. The van der Waals surface area contributed by atoms with Crippen molar-refractivity contribution in [1.82, 2.24) is 0 Å². The lowest BCUT2D eigenvalue weighted by Crippen LogP contribution is -2.09. The van der Waals surface area contributed by atoms with Crippen LogP contribution in [0.2, 0.25) is 0 Å². The number of rotatable bonds is 3. The van der Waals surface area contributed by atoms with Crippen LogP contribution in [0.15, 0.2) is 42.5 Å².